The van der Waals surface area contributed by atoms with Gasteiger partial charge in [0, 0.05) is 24.6 Å². The van der Waals surface area contributed by atoms with Crippen LogP contribution in [0.3, 0.4) is 0 Å². The van der Waals surface area contributed by atoms with E-state index in [1.165, 1.54) is 0 Å². The zero-order valence-corrected chi connectivity index (χ0v) is 16.3. The van der Waals surface area contributed by atoms with Crippen molar-refractivity contribution < 1.29 is 9.21 Å². The van der Waals surface area contributed by atoms with Gasteiger partial charge in [-0.3, -0.25) is 4.79 Å². The van der Waals surface area contributed by atoms with E-state index in [9.17, 15) is 4.79 Å². The molecule has 0 bridgehead atoms. The zero-order chi connectivity index (χ0) is 19.8. The molecule has 0 aliphatic carbocycles. The summed E-state index contributed by atoms with van der Waals surface area (Å²) in [5, 5.41) is 0. The number of rotatable bonds is 3. The second-order valence-electron chi connectivity index (χ2n) is 7.52. The monoisotopic (exact) mass is 386 g/mol. The largest absolute Gasteiger partial charge is 0.441 e. The van der Waals surface area contributed by atoms with Crippen molar-refractivity contribution in [1.82, 2.24) is 19.9 Å². The van der Waals surface area contributed by atoms with E-state index < -0.39 is 0 Å². The Morgan fingerprint density at radius 3 is 2.72 bits per heavy atom. The Morgan fingerprint density at radius 1 is 1.10 bits per heavy atom. The smallest absolute Gasteiger partial charge is 0.276 e. The van der Waals surface area contributed by atoms with Crippen molar-refractivity contribution in [3.63, 3.8) is 0 Å². The van der Waals surface area contributed by atoms with E-state index in [2.05, 4.69) is 9.97 Å². The van der Waals surface area contributed by atoms with Crippen LogP contribution in [0, 0.1) is 6.92 Å². The number of hydrogen-bond acceptors (Lipinski definition) is 4. The van der Waals surface area contributed by atoms with Gasteiger partial charge in [-0.2, -0.15) is 0 Å². The summed E-state index contributed by atoms with van der Waals surface area (Å²) in [5.41, 5.74) is 3.26. The molecule has 5 rings (SSSR count). The number of nitrogens with zero attached hydrogens (tertiary/aromatic N) is 3. The molecule has 6 nitrogen and oxygen atoms in total. The van der Waals surface area contributed by atoms with Crippen molar-refractivity contribution in [2.45, 2.75) is 25.7 Å². The molecular formula is C23H22N4O2. The van der Waals surface area contributed by atoms with Gasteiger partial charge in [-0.15, -0.1) is 0 Å². The fourth-order valence-electron chi connectivity index (χ4n) is 4.00. The first-order chi connectivity index (χ1) is 14.2. The van der Waals surface area contributed by atoms with Crippen LogP contribution in [0.2, 0.25) is 0 Å². The number of aryl methyl sites for hydroxylation is 1. The topological polar surface area (TPSA) is 75.0 Å². The number of aromatic nitrogens is 3. The highest BCUT2D eigenvalue weighted by Gasteiger charge is 2.30. The number of fused-ring (bicyclic) bond motifs is 1. The number of nitrogens with one attached hydrogen (secondary N) is 1. The SMILES string of the molecule is Cc1oc(-c2ccccc2)nc1C(=O)N1CCCC(c2nc3ccccc3[nH]2)C1. The molecule has 1 fully saturated rings. The van der Waals surface area contributed by atoms with E-state index in [1.54, 1.807) is 6.92 Å². The van der Waals surface area contributed by atoms with Crippen LogP contribution in [0.1, 0.15) is 40.8 Å². The third-order valence-corrected chi connectivity index (χ3v) is 5.52. The van der Waals surface area contributed by atoms with Crippen molar-refractivity contribution in [2.75, 3.05) is 13.1 Å². The number of amides is 1. The first-order valence-electron chi connectivity index (χ1n) is 9.96. The quantitative estimate of drug-likeness (QED) is 0.561. The molecule has 4 aromatic rings. The van der Waals surface area contributed by atoms with Crippen LogP contribution in [0.5, 0.6) is 0 Å². The van der Waals surface area contributed by atoms with Crippen molar-refractivity contribution in [2.24, 2.45) is 0 Å². The standard InChI is InChI=1S/C23H22N4O2/c1-15-20(26-22(29-15)16-8-3-2-4-9-16)23(28)27-13-7-10-17(14-27)21-24-18-11-5-6-12-19(18)25-21/h2-6,8-9,11-12,17H,7,10,13-14H2,1H3,(H,24,25). The molecule has 2 aromatic carbocycles. The van der Waals surface area contributed by atoms with Crippen LogP contribution in [-0.4, -0.2) is 38.8 Å². The zero-order valence-electron chi connectivity index (χ0n) is 16.3. The van der Waals surface area contributed by atoms with E-state index >= 15 is 0 Å². The molecule has 1 N–H and O–H groups in total. The lowest BCUT2D eigenvalue weighted by Gasteiger charge is -2.31. The Balaban J connectivity index is 1.38. The predicted octanol–water partition coefficient (Wildman–Crippen LogP) is 4.55. The average Bonchev–Trinajstić information content (AvgIpc) is 3.38. The molecule has 1 saturated heterocycles. The van der Waals surface area contributed by atoms with Gasteiger partial charge in [-0.05, 0) is 44.0 Å². The van der Waals surface area contributed by atoms with Gasteiger partial charge in [0.2, 0.25) is 5.89 Å². The van der Waals surface area contributed by atoms with Crippen LogP contribution >= 0.6 is 0 Å². The molecule has 29 heavy (non-hydrogen) atoms. The van der Waals surface area contributed by atoms with Crippen molar-refractivity contribution in [3.8, 4) is 11.5 Å². The van der Waals surface area contributed by atoms with Crippen molar-refractivity contribution >= 4 is 16.9 Å². The summed E-state index contributed by atoms with van der Waals surface area (Å²) in [6.45, 7) is 3.15. The van der Waals surface area contributed by atoms with Crippen molar-refractivity contribution in [3.05, 3.63) is 71.9 Å². The number of H-pyrrole nitrogens is 1. The molecular weight excluding hydrogens is 364 g/mol. The minimum Gasteiger partial charge on any atom is -0.441 e. The van der Waals surface area contributed by atoms with E-state index in [4.69, 9.17) is 9.40 Å². The van der Waals surface area contributed by atoms with Crippen LogP contribution in [0.25, 0.3) is 22.5 Å². The molecule has 2 aromatic heterocycles. The summed E-state index contributed by atoms with van der Waals surface area (Å²) in [4.78, 5) is 27.7. The van der Waals surface area contributed by atoms with Crippen LogP contribution in [0.4, 0.5) is 0 Å². The lowest BCUT2D eigenvalue weighted by molar-refractivity contribution is 0.0698. The molecule has 1 aliphatic rings. The fraction of sp³-hybridized carbons (Fsp3) is 0.261. The summed E-state index contributed by atoms with van der Waals surface area (Å²) >= 11 is 0. The number of para-hydroxylation sites is 2. The first-order valence-corrected chi connectivity index (χ1v) is 9.96. The summed E-state index contributed by atoms with van der Waals surface area (Å²) in [6, 6.07) is 17.7. The minimum absolute atomic E-state index is 0.0748. The maximum Gasteiger partial charge on any atom is 0.276 e. The number of carbonyl (C=O) groups is 1. The normalized spacial score (nSPS) is 17.0. The van der Waals surface area contributed by atoms with E-state index in [-0.39, 0.29) is 11.8 Å². The van der Waals surface area contributed by atoms with E-state index in [0.717, 1.165) is 41.8 Å². The molecule has 0 spiro atoms. The van der Waals surface area contributed by atoms with Gasteiger partial charge in [0.25, 0.3) is 5.91 Å². The number of aromatic amines is 1. The van der Waals surface area contributed by atoms with Gasteiger partial charge in [0.1, 0.15) is 11.6 Å². The van der Waals surface area contributed by atoms with Crippen LogP contribution < -0.4 is 0 Å². The van der Waals surface area contributed by atoms with Gasteiger partial charge < -0.3 is 14.3 Å². The van der Waals surface area contributed by atoms with E-state index in [0.29, 0.717) is 23.9 Å². The maximum atomic E-state index is 13.2. The van der Waals surface area contributed by atoms with Gasteiger partial charge in [0.15, 0.2) is 5.69 Å². The summed E-state index contributed by atoms with van der Waals surface area (Å²) in [5.74, 6) is 2.11. The molecule has 1 atom stereocenters. The number of likely N-dealkylation sites (tertiary alicyclic amines) is 1. The fourth-order valence-corrected chi connectivity index (χ4v) is 4.00. The van der Waals surface area contributed by atoms with Crippen LogP contribution in [-0.2, 0) is 0 Å². The minimum atomic E-state index is -0.0748. The molecule has 3 heterocycles. The van der Waals surface area contributed by atoms with Crippen molar-refractivity contribution in [1.29, 1.82) is 0 Å². The number of oxazole rings is 1. The highest BCUT2D eigenvalue weighted by atomic mass is 16.4. The number of piperidine rings is 1. The molecule has 1 unspecified atom stereocenters. The first kappa shape index (κ1) is 17.7. The second-order valence-corrected chi connectivity index (χ2v) is 7.52. The highest BCUT2D eigenvalue weighted by molar-refractivity contribution is 5.93. The molecule has 6 heteroatoms. The third-order valence-electron chi connectivity index (χ3n) is 5.52. The van der Waals surface area contributed by atoms with Gasteiger partial charge in [-0.25, -0.2) is 9.97 Å². The average molecular weight is 386 g/mol. The Kier molecular flexibility index (Phi) is 4.39. The summed E-state index contributed by atoms with van der Waals surface area (Å²) in [6.07, 6.45) is 1.95. The lowest BCUT2D eigenvalue weighted by atomic mass is 9.97. The number of carbonyl (C=O) groups excluding carboxylic acids is 1. The Labute approximate surface area is 168 Å². The number of benzene rings is 2. The van der Waals surface area contributed by atoms with Gasteiger partial charge >= 0.3 is 0 Å². The Bertz CT molecular complexity index is 1130. The molecule has 1 aliphatic heterocycles. The second kappa shape index (κ2) is 7.20. The summed E-state index contributed by atoms with van der Waals surface area (Å²) < 4.78 is 5.79. The summed E-state index contributed by atoms with van der Waals surface area (Å²) in [7, 11) is 0. The molecule has 0 saturated carbocycles. The lowest BCUT2D eigenvalue weighted by Crippen LogP contribution is -2.39. The maximum absolute atomic E-state index is 13.2. The Morgan fingerprint density at radius 2 is 1.90 bits per heavy atom. The predicted molar refractivity (Wildman–Crippen MR) is 111 cm³/mol. The molecule has 0 radical (unpaired) electrons. The Hall–Kier alpha value is -3.41. The molecule has 1 amide bonds. The van der Waals surface area contributed by atoms with Crippen LogP contribution in [0.15, 0.2) is 59.0 Å². The van der Waals surface area contributed by atoms with E-state index in [1.807, 2.05) is 59.5 Å². The van der Waals surface area contributed by atoms with Gasteiger partial charge in [0.05, 0.1) is 11.0 Å². The highest BCUT2D eigenvalue weighted by Crippen LogP contribution is 2.29. The third kappa shape index (κ3) is 3.31. The number of imidazole rings is 1. The molecule has 146 valence electrons. The van der Waals surface area contributed by atoms with Gasteiger partial charge in [-0.1, -0.05) is 30.3 Å². The number of hydrogen-bond donors (Lipinski definition) is 1.